The van der Waals surface area contributed by atoms with Crippen molar-refractivity contribution in [3.05, 3.63) is 107 Å². The molecule has 0 unspecified atom stereocenters. The van der Waals surface area contributed by atoms with E-state index in [9.17, 15) is 18.7 Å². The fourth-order valence-corrected chi connectivity index (χ4v) is 4.98. The Balaban J connectivity index is 1.56. The van der Waals surface area contributed by atoms with Crippen molar-refractivity contribution in [2.24, 2.45) is 5.92 Å². The van der Waals surface area contributed by atoms with E-state index < -0.39 is 40.9 Å². The lowest BCUT2D eigenvalue weighted by Crippen LogP contribution is -2.54. The molecule has 3 atom stereocenters. The topological polar surface area (TPSA) is 70.6 Å². The van der Waals surface area contributed by atoms with Crippen LogP contribution in [0, 0.1) is 23.4 Å². The molecule has 1 aliphatic carbocycles. The lowest BCUT2D eigenvalue weighted by molar-refractivity contribution is 0.0386. The van der Waals surface area contributed by atoms with Crippen LogP contribution < -0.4 is 10.6 Å². The predicted octanol–water partition coefficient (Wildman–Crippen LogP) is 4.59. The normalized spacial score (nSPS) is 21.2. The third-order valence-corrected chi connectivity index (χ3v) is 6.64. The number of rotatable bonds is 7. The van der Waals surface area contributed by atoms with Crippen LogP contribution in [0.2, 0.25) is 0 Å². The molecular formula is C27H25F3N2O3S. The van der Waals surface area contributed by atoms with Gasteiger partial charge in [0.15, 0.2) is 16.7 Å². The second kappa shape index (κ2) is 11.2. The van der Waals surface area contributed by atoms with E-state index in [4.69, 9.17) is 17.0 Å². The van der Waals surface area contributed by atoms with Crippen molar-refractivity contribution < 1.29 is 27.8 Å². The average Bonchev–Trinajstić information content (AvgIpc) is 3.23. The highest BCUT2D eigenvalue weighted by Crippen LogP contribution is 2.46. The van der Waals surface area contributed by atoms with Crippen LogP contribution in [0.5, 0.6) is 0 Å². The fraction of sp³-hybridized carbons (Fsp3) is 0.259. The Bertz CT molecular complexity index is 1240. The lowest BCUT2D eigenvalue weighted by atomic mass is 9.80. The molecule has 4 rings (SSSR count). The van der Waals surface area contributed by atoms with Crippen LogP contribution in [0.3, 0.4) is 0 Å². The zero-order valence-corrected chi connectivity index (χ0v) is 20.0. The number of hydrogen-bond donors (Lipinski definition) is 3. The molecule has 0 aromatic heterocycles. The zero-order valence-electron chi connectivity index (χ0n) is 19.2. The summed E-state index contributed by atoms with van der Waals surface area (Å²) in [6.45, 7) is -0.301. The molecule has 0 aliphatic heterocycles. The van der Waals surface area contributed by atoms with E-state index in [0.717, 1.165) is 12.1 Å². The quantitative estimate of drug-likeness (QED) is 0.403. The smallest absolute Gasteiger partial charge is 0.257 e. The molecule has 1 amide bonds. The fourth-order valence-electron chi connectivity index (χ4n) is 4.70. The summed E-state index contributed by atoms with van der Waals surface area (Å²) in [5.74, 6) is -3.37. The van der Waals surface area contributed by atoms with Crippen molar-refractivity contribution in [3.63, 3.8) is 0 Å². The molecule has 188 valence electrons. The third kappa shape index (κ3) is 5.59. The van der Waals surface area contributed by atoms with Crippen molar-refractivity contribution in [3.8, 4) is 0 Å². The summed E-state index contributed by atoms with van der Waals surface area (Å²) in [7, 11) is 0. The second-order valence-corrected chi connectivity index (χ2v) is 9.13. The van der Waals surface area contributed by atoms with Crippen LogP contribution in [-0.4, -0.2) is 28.8 Å². The van der Waals surface area contributed by atoms with Gasteiger partial charge < -0.3 is 15.2 Å². The molecule has 5 nitrogen and oxygen atoms in total. The molecule has 0 heterocycles. The molecule has 1 saturated carbocycles. The first-order valence-corrected chi connectivity index (χ1v) is 11.8. The van der Waals surface area contributed by atoms with Crippen molar-refractivity contribution in [2.45, 2.75) is 31.1 Å². The number of carbonyl (C=O) groups is 1. The predicted molar refractivity (Wildman–Crippen MR) is 132 cm³/mol. The SMILES string of the molecule is O=C(NC(=S)N[C@@]1(c2ccccc2F)C[C@H](OCc2ccc(F)c(F)c2)C[C@H]1CO)c1ccccc1. The van der Waals surface area contributed by atoms with Crippen LogP contribution >= 0.6 is 12.2 Å². The summed E-state index contributed by atoms with van der Waals surface area (Å²) in [4.78, 5) is 12.6. The molecule has 9 heteroatoms. The lowest BCUT2D eigenvalue weighted by Gasteiger charge is -2.37. The molecular weight excluding hydrogens is 489 g/mol. The van der Waals surface area contributed by atoms with Crippen LogP contribution in [0.4, 0.5) is 13.2 Å². The number of carbonyl (C=O) groups excluding carboxylic acids is 1. The number of aliphatic hydroxyl groups excluding tert-OH is 1. The highest BCUT2D eigenvalue weighted by atomic mass is 32.1. The van der Waals surface area contributed by atoms with Gasteiger partial charge in [0.05, 0.1) is 18.2 Å². The van der Waals surface area contributed by atoms with Gasteiger partial charge in [-0.25, -0.2) is 13.2 Å². The van der Waals surface area contributed by atoms with Gasteiger partial charge in [0.25, 0.3) is 5.91 Å². The van der Waals surface area contributed by atoms with Gasteiger partial charge in [-0.05, 0) is 54.5 Å². The van der Waals surface area contributed by atoms with Gasteiger partial charge in [-0.15, -0.1) is 0 Å². The van der Waals surface area contributed by atoms with Gasteiger partial charge in [-0.3, -0.25) is 10.1 Å². The number of ether oxygens (including phenoxy) is 1. The number of amides is 1. The Kier molecular flexibility index (Phi) is 8.03. The van der Waals surface area contributed by atoms with E-state index >= 15 is 4.39 Å². The average molecular weight is 515 g/mol. The van der Waals surface area contributed by atoms with Crippen LogP contribution in [0.25, 0.3) is 0 Å². The first kappa shape index (κ1) is 25.8. The summed E-state index contributed by atoms with van der Waals surface area (Å²) in [6, 6.07) is 18.2. The van der Waals surface area contributed by atoms with E-state index in [1.807, 2.05) is 0 Å². The first-order valence-electron chi connectivity index (χ1n) is 11.4. The molecule has 3 aromatic carbocycles. The molecule has 0 saturated heterocycles. The zero-order chi connectivity index (χ0) is 25.7. The molecule has 3 aromatic rings. The van der Waals surface area contributed by atoms with Crippen LogP contribution in [0.1, 0.15) is 34.3 Å². The highest BCUT2D eigenvalue weighted by molar-refractivity contribution is 7.80. The molecule has 1 aliphatic rings. The number of nitrogens with one attached hydrogen (secondary N) is 2. The van der Waals surface area contributed by atoms with Gasteiger partial charge in [-0.2, -0.15) is 0 Å². The minimum atomic E-state index is -1.18. The van der Waals surface area contributed by atoms with Gasteiger partial charge in [0.1, 0.15) is 5.82 Å². The molecule has 3 N–H and O–H groups in total. The number of halogens is 3. The largest absolute Gasteiger partial charge is 0.396 e. The maximum Gasteiger partial charge on any atom is 0.257 e. The summed E-state index contributed by atoms with van der Waals surface area (Å²) in [5, 5.41) is 16.0. The molecule has 0 spiro atoms. The van der Waals surface area contributed by atoms with Crippen molar-refractivity contribution in [1.82, 2.24) is 10.6 Å². The Morgan fingerprint density at radius 1 is 1.00 bits per heavy atom. The van der Waals surface area contributed by atoms with E-state index in [2.05, 4.69) is 10.6 Å². The Labute approximate surface area is 212 Å². The van der Waals surface area contributed by atoms with E-state index in [-0.39, 0.29) is 30.3 Å². The maximum absolute atomic E-state index is 15.1. The standard InChI is InChI=1S/C27H25F3N2O3S/c28-22-9-5-4-8-21(22)27(32-26(36)31-25(34)18-6-2-1-3-7-18)14-20(13-19(27)15-33)35-16-17-10-11-23(29)24(30)12-17/h1-12,19-20,33H,13-16H2,(H2,31,32,34,36)/t19-,20+,27-/m0/s1. The van der Waals surface area contributed by atoms with E-state index in [0.29, 0.717) is 17.5 Å². The van der Waals surface area contributed by atoms with Gasteiger partial charge in [0, 0.05) is 30.1 Å². The molecule has 0 radical (unpaired) electrons. The van der Waals surface area contributed by atoms with Crippen LogP contribution in [-0.2, 0) is 16.9 Å². The minimum Gasteiger partial charge on any atom is -0.396 e. The highest BCUT2D eigenvalue weighted by Gasteiger charge is 2.50. The van der Waals surface area contributed by atoms with E-state index in [1.165, 1.54) is 12.1 Å². The maximum atomic E-state index is 15.1. The van der Waals surface area contributed by atoms with Crippen molar-refractivity contribution >= 4 is 23.2 Å². The summed E-state index contributed by atoms with van der Waals surface area (Å²) in [5.41, 5.74) is -0.0601. The van der Waals surface area contributed by atoms with Crippen LogP contribution in [0.15, 0.2) is 72.8 Å². The summed E-state index contributed by atoms with van der Waals surface area (Å²) >= 11 is 5.42. The Morgan fingerprint density at radius 2 is 1.72 bits per heavy atom. The Hall–Kier alpha value is -3.27. The Morgan fingerprint density at radius 3 is 2.42 bits per heavy atom. The second-order valence-electron chi connectivity index (χ2n) is 8.73. The molecule has 1 fully saturated rings. The molecule has 36 heavy (non-hydrogen) atoms. The van der Waals surface area contributed by atoms with Gasteiger partial charge in [0.2, 0.25) is 0 Å². The first-order chi connectivity index (χ1) is 17.3. The summed E-state index contributed by atoms with van der Waals surface area (Å²) < 4.78 is 47.9. The summed E-state index contributed by atoms with van der Waals surface area (Å²) in [6.07, 6.45) is 0.0935. The third-order valence-electron chi connectivity index (χ3n) is 6.44. The number of hydrogen-bond acceptors (Lipinski definition) is 4. The molecule has 0 bridgehead atoms. The van der Waals surface area contributed by atoms with Crippen molar-refractivity contribution in [2.75, 3.05) is 6.61 Å². The number of thiocarbonyl (C=S) groups is 1. The number of aliphatic hydroxyl groups is 1. The van der Waals surface area contributed by atoms with Gasteiger partial charge >= 0.3 is 0 Å². The number of benzene rings is 3. The van der Waals surface area contributed by atoms with E-state index in [1.54, 1.807) is 48.5 Å². The monoisotopic (exact) mass is 514 g/mol. The van der Waals surface area contributed by atoms with Crippen molar-refractivity contribution in [1.29, 1.82) is 0 Å². The van der Waals surface area contributed by atoms with Gasteiger partial charge in [-0.1, -0.05) is 42.5 Å². The minimum absolute atomic E-state index is 0.00254.